The van der Waals surface area contributed by atoms with Gasteiger partial charge in [-0.3, -0.25) is 16.0 Å². The number of anilines is 1. The molecule has 4 aromatic rings. The molecule has 7 rings (SSSR count). The van der Waals surface area contributed by atoms with Crippen LogP contribution in [0.4, 0.5) is 5.69 Å². The first-order valence-corrected chi connectivity index (χ1v) is 16.4. The van der Waals surface area contributed by atoms with Crippen LogP contribution in [0.5, 0.6) is 0 Å². The third-order valence-electron chi connectivity index (χ3n) is 8.57. The van der Waals surface area contributed by atoms with E-state index in [4.69, 9.17) is 0 Å². The summed E-state index contributed by atoms with van der Waals surface area (Å²) in [4.78, 5) is 2.67. The Bertz CT molecular complexity index is 1670. The van der Waals surface area contributed by atoms with Crippen LogP contribution >= 0.6 is 0 Å². The second kappa shape index (κ2) is 11.6. The monoisotopic (exact) mass is 578 g/mol. The molecule has 3 aliphatic heterocycles. The fourth-order valence-corrected chi connectivity index (χ4v) is 8.06. The number of rotatable bonds is 7. The molecule has 3 fully saturated rings. The average Bonchev–Trinajstić information content (AvgIpc) is 3.85. The van der Waals surface area contributed by atoms with Crippen molar-refractivity contribution in [2.45, 2.75) is 29.3 Å². The van der Waals surface area contributed by atoms with Crippen molar-refractivity contribution in [3.63, 3.8) is 0 Å². The molecule has 0 aliphatic carbocycles. The first-order valence-electron chi connectivity index (χ1n) is 14.8. The van der Waals surface area contributed by atoms with Gasteiger partial charge in [-0.25, -0.2) is 8.42 Å². The standard InChI is InChI=1S/C34H36N5O2S/c40-42(41,34-37-16-17-38-34)33-22-27(12-14-30(33)26-8-4-9-28(20-26)31-10-5-15-36-31)29-13-11-25(24-6-2-1-3-7-24)21-32(29)39-19-18-35-23-39/h1-4,6-8,11-14,20-22,31,34-38H,5,10,15-19,23H2. The van der Waals surface area contributed by atoms with Gasteiger partial charge in [0, 0.05) is 49.0 Å². The summed E-state index contributed by atoms with van der Waals surface area (Å²) in [6.45, 7) is 4.78. The number of benzene rings is 4. The van der Waals surface area contributed by atoms with Crippen LogP contribution in [0.15, 0.2) is 89.8 Å². The summed E-state index contributed by atoms with van der Waals surface area (Å²) in [5, 5.41) is 13.3. The van der Waals surface area contributed by atoms with E-state index in [0.29, 0.717) is 23.5 Å². The topological polar surface area (TPSA) is 85.5 Å². The van der Waals surface area contributed by atoms with Crippen LogP contribution in [-0.2, 0) is 9.84 Å². The summed E-state index contributed by atoms with van der Waals surface area (Å²) in [5.41, 5.74) is 7.16. The van der Waals surface area contributed by atoms with Crippen molar-refractivity contribution < 1.29 is 8.42 Å². The second-order valence-electron chi connectivity index (χ2n) is 11.2. The lowest BCUT2D eigenvalue weighted by molar-refractivity contribution is 0.561. The van der Waals surface area contributed by atoms with Gasteiger partial charge in [0.05, 0.1) is 11.6 Å². The van der Waals surface area contributed by atoms with Gasteiger partial charge in [-0.2, -0.15) is 0 Å². The molecule has 1 atom stereocenters. The molecule has 0 spiro atoms. The largest absolute Gasteiger partial charge is 0.357 e. The van der Waals surface area contributed by atoms with E-state index in [1.165, 1.54) is 0 Å². The smallest absolute Gasteiger partial charge is 0.208 e. The molecule has 3 aliphatic rings. The third-order valence-corrected chi connectivity index (χ3v) is 10.5. The number of sulfone groups is 1. The highest BCUT2D eigenvalue weighted by atomic mass is 32.2. The molecule has 0 aromatic heterocycles. The summed E-state index contributed by atoms with van der Waals surface area (Å²) in [5.74, 6) is 0. The van der Waals surface area contributed by atoms with Gasteiger partial charge in [0.2, 0.25) is 9.84 Å². The molecule has 215 valence electrons. The lowest BCUT2D eigenvalue weighted by Gasteiger charge is -2.23. The average molecular weight is 579 g/mol. The zero-order valence-corrected chi connectivity index (χ0v) is 24.4. The fourth-order valence-electron chi connectivity index (χ4n) is 6.35. The van der Waals surface area contributed by atoms with Crippen molar-refractivity contribution in [2.75, 3.05) is 44.3 Å². The maximum absolute atomic E-state index is 14.2. The minimum Gasteiger partial charge on any atom is -0.357 e. The molecular weight excluding hydrogens is 542 g/mol. The summed E-state index contributed by atoms with van der Waals surface area (Å²) in [6, 6.07) is 32.4. The first-order chi connectivity index (χ1) is 20.6. The quantitative estimate of drug-likeness (QED) is 0.257. The van der Waals surface area contributed by atoms with E-state index < -0.39 is 15.3 Å². The number of hydrogen-bond donors (Lipinski definition) is 4. The van der Waals surface area contributed by atoms with Crippen LogP contribution in [0.3, 0.4) is 0 Å². The molecule has 4 N–H and O–H groups in total. The zero-order valence-electron chi connectivity index (χ0n) is 23.6. The van der Waals surface area contributed by atoms with Crippen molar-refractivity contribution in [3.05, 3.63) is 96.6 Å². The van der Waals surface area contributed by atoms with Crippen LogP contribution in [-0.4, -0.2) is 53.3 Å². The van der Waals surface area contributed by atoms with Gasteiger partial charge >= 0.3 is 0 Å². The SMILES string of the molecule is O=S(=O)(c1cc(-c2ccc(-c3ccccc3)cc2N2CCNC2)ccc1-c1cc[c]c(C2CCCN2)c1)C1NCCN1. The van der Waals surface area contributed by atoms with E-state index in [0.717, 1.165) is 78.2 Å². The molecule has 42 heavy (non-hydrogen) atoms. The summed E-state index contributed by atoms with van der Waals surface area (Å²) in [6.07, 6.45) is 2.20. The van der Waals surface area contributed by atoms with Gasteiger partial charge in [-0.15, -0.1) is 0 Å². The van der Waals surface area contributed by atoms with E-state index >= 15 is 0 Å². The number of hydrogen-bond acceptors (Lipinski definition) is 7. The Morgan fingerprint density at radius 2 is 1.52 bits per heavy atom. The summed E-state index contributed by atoms with van der Waals surface area (Å²) >= 11 is 0. The van der Waals surface area contributed by atoms with E-state index in [1.54, 1.807) is 0 Å². The van der Waals surface area contributed by atoms with Crippen LogP contribution < -0.4 is 26.2 Å². The Labute approximate surface area is 248 Å². The third kappa shape index (κ3) is 5.25. The molecule has 7 nitrogen and oxygen atoms in total. The predicted molar refractivity (Wildman–Crippen MR) is 169 cm³/mol. The van der Waals surface area contributed by atoms with Gasteiger partial charge in [0.15, 0.2) is 5.50 Å². The molecule has 1 radical (unpaired) electrons. The zero-order chi connectivity index (χ0) is 28.5. The molecule has 3 heterocycles. The van der Waals surface area contributed by atoms with Crippen molar-refractivity contribution in [2.24, 2.45) is 0 Å². The number of nitrogens with one attached hydrogen (secondary N) is 4. The molecule has 8 heteroatoms. The van der Waals surface area contributed by atoms with E-state index in [-0.39, 0.29) is 6.04 Å². The Kier molecular flexibility index (Phi) is 7.56. The van der Waals surface area contributed by atoms with Gasteiger partial charge in [-0.05, 0) is 71.5 Å². The van der Waals surface area contributed by atoms with Crippen molar-refractivity contribution in [1.29, 1.82) is 0 Å². The molecule has 0 saturated carbocycles. The van der Waals surface area contributed by atoms with Crippen molar-refractivity contribution in [1.82, 2.24) is 21.3 Å². The van der Waals surface area contributed by atoms with Crippen LogP contribution in [0, 0.1) is 6.07 Å². The van der Waals surface area contributed by atoms with Gasteiger partial charge < -0.3 is 10.2 Å². The van der Waals surface area contributed by atoms with Gasteiger partial charge in [-0.1, -0.05) is 66.7 Å². The highest BCUT2D eigenvalue weighted by Crippen LogP contribution is 2.40. The Morgan fingerprint density at radius 1 is 0.738 bits per heavy atom. The van der Waals surface area contributed by atoms with E-state index in [9.17, 15) is 8.42 Å². The Morgan fingerprint density at radius 3 is 2.29 bits per heavy atom. The van der Waals surface area contributed by atoms with E-state index in [2.05, 4.69) is 86.8 Å². The highest BCUT2D eigenvalue weighted by molar-refractivity contribution is 7.92. The van der Waals surface area contributed by atoms with Crippen LogP contribution in [0.1, 0.15) is 24.4 Å². The van der Waals surface area contributed by atoms with Crippen LogP contribution in [0.25, 0.3) is 33.4 Å². The maximum atomic E-state index is 14.2. The van der Waals surface area contributed by atoms with Crippen molar-refractivity contribution >= 4 is 15.5 Å². The molecule has 0 amide bonds. The summed E-state index contributed by atoms with van der Waals surface area (Å²) < 4.78 is 28.3. The Hall–Kier alpha value is -3.53. The number of nitrogens with zero attached hydrogens (tertiary/aromatic N) is 1. The maximum Gasteiger partial charge on any atom is 0.208 e. The highest BCUT2D eigenvalue weighted by Gasteiger charge is 2.33. The summed E-state index contributed by atoms with van der Waals surface area (Å²) in [7, 11) is -3.74. The van der Waals surface area contributed by atoms with Crippen molar-refractivity contribution in [3.8, 4) is 33.4 Å². The minimum atomic E-state index is -3.74. The fraction of sp³-hybridized carbons (Fsp3) is 0.294. The van der Waals surface area contributed by atoms with E-state index in [1.807, 2.05) is 30.3 Å². The molecule has 3 saturated heterocycles. The predicted octanol–water partition coefficient (Wildman–Crippen LogP) is 4.53. The molecule has 4 aromatic carbocycles. The normalized spacial score (nSPS) is 19.5. The van der Waals surface area contributed by atoms with Gasteiger partial charge in [0.25, 0.3) is 0 Å². The first kappa shape index (κ1) is 27.3. The molecule has 0 bridgehead atoms. The minimum absolute atomic E-state index is 0.252. The van der Waals surface area contributed by atoms with Gasteiger partial charge in [0.1, 0.15) is 0 Å². The van der Waals surface area contributed by atoms with Crippen LogP contribution in [0.2, 0.25) is 0 Å². The lowest BCUT2D eigenvalue weighted by atomic mass is 9.94. The molecular formula is C34H36N5O2S. The lowest BCUT2D eigenvalue weighted by Crippen LogP contribution is -2.39. The Balaban J connectivity index is 1.37. The molecule has 1 unspecified atom stereocenters. The second-order valence-corrected chi connectivity index (χ2v) is 13.2.